The van der Waals surface area contributed by atoms with Crippen molar-refractivity contribution in [3.63, 3.8) is 0 Å². The number of aromatic nitrogens is 2. The number of hydrogen-bond donors (Lipinski definition) is 0. The van der Waals surface area contributed by atoms with E-state index < -0.39 is 0 Å². The summed E-state index contributed by atoms with van der Waals surface area (Å²) in [5.41, 5.74) is 2.55. The van der Waals surface area contributed by atoms with E-state index >= 15 is 0 Å². The van der Waals surface area contributed by atoms with Crippen LogP contribution in [-0.4, -0.2) is 23.6 Å². The van der Waals surface area contributed by atoms with E-state index in [2.05, 4.69) is 62.8 Å². The largest absolute Gasteiger partial charge is 0.480 e. The number of methoxy groups -OCH3 is 1. The molecule has 5 heteroatoms. The average Bonchev–Trinajstić information content (AvgIpc) is 2.47. The van der Waals surface area contributed by atoms with E-state index in [1.807, 2.05) is 6.07 Å². The summed E-state index contributed by atoms with van der Waals surface area (Å²) < 4.78 is 5.99. The van der Waals surface area contributed by atoms with Crippen molar-refractivity contribution in [3.05, 3.63) is 46.1 Å². The Balaban J connectivity index is 2.26. The molecule has 2 rings (SSSR count). The highest BCUT2D eigenvalue weighted by atomic mass is 79.9. The van der Waals surface area contributed by atoms with Crippen LogP contribution < -0.4 is 9.64 Å². The summed E-state index contributed by atoms with van der Waals surface area (Å²) in [7, 11) is 1.61. The van der Waals surface area contributed by atoms with E-state index in [9.17, 15) is 0 Å². The fourth-order valence-corrected chi connectivity index (χ4v) is 2.31. The first-order valence-corrected chi connectivity index (χ1v) is 7.31. The maximum absolute atomic E-state index is 5.23. The first kappa shape index (κ1) is 14.8. The molecule has 1 aromatic carbocycles. The third kappa shape index (κ3) is 3.28. The van der Waals surface area contributed by atoms with Crippen molar-refractivity contribution in [2.75, 3.05) is 18.6 Å². The van der Waals surface area contributed by atoms with Gasteiger partial charge in [-0.1, -0.05) is 24.3 Å². The lowest BCUT2D eigenvalue weighted by atomic mass is 10.1. The van der Waals surface area contributed by atoms with Gasteiger partial charge in [-0.05, 0) is 40.9 Å². The number of rotatable bonds is 5. The van der Waals surface area contributed by atoms with Gasteiger partial charge in [0.15, 0.2) is 0 Å². The Labute approximate surface area is 127 Å². The molecule has 0 radical (unpaired) electrons. The molecule has 0 bridgehead atoms. The molecule has 1 heterocycles. The van der Waals surface area contributed by atoms with Crippen LogP contribution in [0.25, 0.3) is 0 Å². The van der Waals surface area contributed by atoms with Gasteiger partial charge in [-0.15, -0.1) is 0 Å². The quantitative estimate of drug-likeness (QED) is 0.836. The average molecular weight is 336 g/mol. The molecular weight excluding hydrogens is 318 g/mol. The minimum absolute atomic E-state index is 0.554. The standard InChI is InChI=1S/C15H18BrN3O/c1-4-19(10-12-8-6-5-7-11(12)2)15-17-9-13(16)14(18-15)20-3/h5-9H,4,10H2,1-3H3. The number of ether oxygens (including phenoxy) is 1. The number of benzene rings is 1. The maximum atomic E-state index is 5.23. The molecule has 0 unspecified atom stereocenters. The van der Waals surface area contributed by atoms with Crippen LogP contribution in [0.1, 0.15) is 18.1 Å². The van der Waals surface area contributed by atoms with Crippen molar-refractivity contribution in [1.29, 1.82) is 0 Å². The van der Waals surface area contributed by atoms with Crippen molar-refractivity contribution >= 4 is 21.9 Å². The normalized spacial score (nSPS) is 10.4. The number of halogens is 1. The van der Waals surface area contributed by atoms with E-state index in [0.29, 0.717) is 11.8 Å². The molecule has 0 aliphatic rings. The zero-order chi connectivity index (χ0) is 14.5. The van der Waals surface area contributed by atoms with Gasteiger partial charge in [0.05, 0.1) is 17.8 Å². The van der Waals surface area contributed by atoms with Crippen LogP contribution in [0.2, 0.25) is 0 Å². The second-order valence-corrected chi connectivity index (χ2v) is 5.32. The smallest absolute Gasteiger partial charge is 0.232 e. The number of aryl methyl sites for hydroxylation is 1. The Morgan fingerprint density at radius 2 is 2.05 bits per heavy atom. The highest BCUT2D eigenvalue weighted by Gasteiger charge is 2.12. The Kier molecular flexibility index (Phi) is 4.95. The predicted octanol–water partition coefficient (Wildman–Crippen LogP) is 3.58. The monoisotopic (exact) mass is 335 g/mol. The Morgan fingerprint density at radius 1 is 1.30 bits per heavy atom. The molecule has 1 aromatic heterocycles. The Morgan fingerprint density at radius 3 is 2.70 bits per heavy atom. The van der Waals surface area contributed by atoms with Gasteiger partial charge in [0.1, 0.15) is 0 Å². The third-order valence-electron chi connectivity index (χ3n) is 3.18. The van der Waals surface area contributed by atoms with Crippen LogP contribution in [0.3, 0.4) is 0 Å². The van der Waals surface area contributed by atoms with Crippen LogP contribution in [-0.2, 0) is 6.54 Å². The second-order valence-electron chi connectivity index (χ2n) is 4.47. The molecule has 0 atom stereocenters. The molecule has 0 aliphatic carbocycles. The van der Waals surface area contributed by atoms with Crippen LogP contribution in [0.4, 0.5) is 5.95 Å². The van der Waals surface area contributed by atoms with Gasteiger partial charge in [0.25, 0.3) is 0 Å². The van der Waals surface area contributed by atoms with Gasteiger partial charge < -0.3 is 9.64 Å². The predicted molar refractivity (Wildman–Crippen MR) is 84.2 cm³/mol. The molecular formula is C15H18BrN3O. The lowest BCUT2D eigenvalue weighted by Crippen LogP contribution is -2.24. The highest BCUT2D eigenvalue weighted by molar-refractivity contribution is 9.10. The number of anilines is 1. The second kappa shape index (κ2) is 6.70. The zero-order valence-corrected chi connectivity index (χ0v) is 13.5. The van der Waals surface area contributed by atoms with Gasteiger partial charge in [0, 0.05) is 13.1 Å². The molecule has 0 fully saturated rings. The fourth-order valence-electron chi connectivity index (χ4n) is 1.96. The zero-order valence-electron chi connectivity index (χ0n) is 11.9. The highest BCUT2D eigenvalue weighted by Crippen LogP contribution is 2.24. The van der Waals surface area contributed by atoms with Crippen LogP contribution >= 0.6 is 15.9 Å². The molecule has 20 heavy (non-hydrogen) atoms. The third-order valence-corrected chi connectivity index (χ3v) is 3.72. The fraction of sp³-hybridized carbons (Fsp3) is 0.333. The molecule has 0 amide bonds. The summed E-state index contributed by atoms with van der Waals surface area (Å²) in [4.78, 5) is 10.9. The molecule has 4 nitrogen and oxygen atoms in total. The lowest BCUT2D eigenvalue weighted by molar-refractivity contribution is 0.393. The van der Waals surface area contributed by atoms with Crippen molar-refractivity contribution in [2.45, 2.75) is 20.4 Å². The molecule has 0 saturated heterocycles. The Bertz CT molecular complexity index is 589. The number of nitrogens with zero attached hydrogens (tertiary/aromatic N) is 3. The molecule has 0 saturated carbocycles. The van der Waals surface area contributed by atoms with Gasteiger partial charge in [0.2, 0.25) is 11.8 Å². The van der Waals surface area contributed by atoms with Crippen LogP contribution in [0.15, 0.2) is 34.9 Å². The topological polar surface area (TPSA) is 38.2 Å². The van der Waals surface area contributed by atoms with Crippen molar-refractivity contribution in [2.24, 2.45) is 0 Å². The van der Waals surface area contributed by atoms with E-state index in [1.54, 1.807) is 13.3 Å². The summed E-state index contributed by atoms with van der Waals surface area (Å²) in [5.74, 6) is 1.23. The molecule has 0 spiro atoms. The van der Waals surface area contributed by atoms with Gasteiger partial charge in [-0.3, -0.25) is 0 Å². The van der Waals surface area contributed by atoms with Gasteiger partial charge in [-0.25, -0.2) is 4.98 Å². The first-order valence-electron chi connectivity index (χ1n) is 6.51. The molecule has 0 N–H and O–H groups in total. The lowest BCUT2D eigenvalue weighted by Gasteiger charge is -2.22. The van der Waals surface area contributed by atoms with Crippen molar-refractivity contribution < 1.29 is 4.74 Å². The summed E-state index contributed by atoms with van der Waals surface area (Å²) in [5, 5.41) is 0. The van der Waals surface area contributed by atoms with Crippen LogP contribution in [0.5, 0.6) is 5.88 Å². The number of hydrogen-bond acceptors (Lipinski definition) is 4. The van der Waals surface area contributed by atoms with Gasteiger partial charge >= 0.3 is 0 Å². The van der Waals surface area contributed by atoms with Gasteiger partial charge in [-0.2, -0.15) is 4.98 Å². The van der Waals surface area contributed by atoms with Crippen molar-refractivity contribution in [3.8, 4) is 5.88 Å². The summed E-state index contributed by atoms with van der Waals surface area (Å²) in [6.45, 7) is 5.83. The molecule has 2 aromatic rings. The van der Waals surface area contributed by atoms with E-state index in [1.165, 1.54) is 11.1 Å². The minimum atomic E-state index is 0.554. The van der Waals surface area contributed by atoms with Crippen LogP contribution in [0, 0.1) is 6.92 Å². The van der Waals surface area contributed by atoms with E-state index in [0.717, 1.165) is 17.6 Å². The van der Waals surface area contributed by atoms with E-state index in [-0.39, 0.29) is 0 Å². The molecule has 0 aliphatic heterocycles. The maximum Gasteiger partial charge on any atom is 0.232 e. The van der Waals surface area contributed by atoms with E-state index in [4.69, 9.17) is 4.74 Å². The van der Waals surface area contributed by atoms with Crippen molar-refractivity contribution in [1.82, 2.24) is 9.97 Å². The summed E-state index contributed by atoms with van der Waals surface area (Å²) in [6.07, 6.45) is 1.72. The summed E-state index contributed by atoms with van der Waals surface area (Å²) >= 11 is 3.37. The SMILES string of the molecule is CCN(Cc1ccccc1C)c1ncc(Br)c(OC)n1. The Hall–Kier alpha value is -1.62. The molecule has 106 valence electrons. The summed E-state index contributed by atoms with van der Waals surface area (Å²) in [6, 6.07) is 8.35. The first-order chi connectivity index (χ1) is 9.65. The minimum Gasteiger partial charge on any atom is -0.480 e.